The lowest BCUT2D eigenvalue weighted by molar-refractivity contribution is -0.135. The maximum atomic E-state index is 12.3. The van der Waals surface area contributed by atoms with Crippen molar-refractivity contribution in [3.63, 3.8) is 0 Å². The highest BCUT2D eigenvalue weighted by Crippen LogP contribution is 2.12. The van der Waals surface area contributed by atoms with Crippen LogP contribution >= 0.6 is 0 Å². The summed E-state index contributed by atoms with van der Waals surface area (Å²) >= 11 is 0. The number of amides is 2. The van der Waals surface area contributed by atoms with Gasteiger partial charge >= 0.3 is 0 Å². The second-order valence-corrected chi connectivity index (χ2v) is 6.87. The van der Waals surface area contributed by atoms with Gasteiger partial charge in [-0.3, -0.25) is 14.4 Å². The molecule has 0 saturated heterocycles. The summed E-state index contributed by atoms with van der Waals surface area (Å²) in [4.78, 5) is 45.0. The molecular weight excluding hydrogens is 320 g/mol. The first kappa shape index (κ1) is 18.6. The van der Waals surface area contributed by atoms with Crippen molar-refractivity contribution in [1.29, 1.82) is 0 Å². The van der Waals surface area contributed by atoms with E-state index in [2.05, 4.69) is 15.3 Å². The number of likely N-dealkylation sites (N-methyl/N-ethyl adjacent to an activating group) is 1. The zero-order valence-electron chi connectivity index (χ0n) is 15.0. The summed E-state index contributed by atoms with van der Waals surface area (Å²) in [6, 6.07) is 7.05. The summed E-state index contributed by atoms with van der Waals surface area (Å²) in [6.07, 6.45) is 0. The quantitative estimate of drug-likeness (QED) is 0.858. The number of hydrogen-bond donors (Lipinski definition) is 2. The van der Waals surface area contributed by atoms with E-state index < -0.39 is 5.41 Å². The average Bonchev–Trinajstić information content (AvgIpc) is 2.56. The van der Waals surface area contributed by atoms with Crippen LogP contribution in [0.5, 0.6) is 0 Å². The average molecular weight is 344 g/mol. The van der Waals surface area contributed by atoms with Crippen molar-refractivity contribution >= 4 is 22.7 Å². The molecule has 0 saturated carbocycles. The molecule has 1 heterocycles. The number of aromatic nitrogens is 2. The van der Waals surface area contributed by atoms with Gasteiger partial charge in [-0.25, -0.2) is 4.98 Å². The SMILES string of the molecule is CCN(Cc1nc2ccccc2c(=O)[nH]1)C(=O)CNC(=O)C(C)(C)C. The van der Waals surface area contributed by atoms with Gasteiger partial charge in [0.1, 0.15) is 5.82 Å². The Hall–Kier alpha value is -2.70. The monoisotopic (exact) mass is 344 g/mol. The van der Waals surface area contributed by atoms with E-state index >= 15 is 0 Å². The predicted octanol–water partition coefficient (Wildman–Crippen LogP) is 1.43. The third-order valence-corrected chi connectivity index (χ3v) is 3.82. The third kappa shape index (κ3) is 4.65. The zero-order valence-corrected chi connectivity index (χ0v) is 15.0. The van der Waals surface area contributed by atoms with E-state index in [1.54, 1.807) is 39.0 Å². The molecule has 2 aromatic rings. The Balaban J connectivity index is 2.10. The van der Waals surface area contributed by atoms with Gasteiger partial charge in [0.25, 0.3) is 5.56 Å². The lowest BCUT2D eigenvalue weighted by atomic mass is 9.96. The van der Waals surface area contributed by atoms with Gasteiger partial charge in [-0.15, -0.1) is 0 Å². The molecule has 0 atom stereocenters. The minimum Gasteiger partial charge on any atom is -0.347 e. The van der Waals surface area contributed by atoms with Gasteiger partial charge in [0.15, 0.2) is 0 Å². The topological polar surface area (TPSA) is 95.2 Å². The van der Waals surface area contributed by atoms with Crippen molar-refractivity contribution in [2.45, 2.75) is 34.2 Å². The third-order valence-electron chi connectivity index (χ3n) is 3.82. The van der Waals surface area contributed by atoms with Crippen LogP contribution in [0.25, 0.3) is 10.9 Å². The standard InChI is InChI=1S/C18H24N4O3/c1-5-22(15(23)10-19-17(25)18(2,3)4)11-14-20-13-9-7-6-8-12(13)16(24)21-14/h6-9H,5,10-11H2,1-4H3,(H,19,25)(H,20,21,24). The zero-order chi connectivity index (χ0) is 18.6. The smallest absolute Gasteiger partial charge is 0.258 e. The number of aromatic amines is 1. The molecule has 7 nitrogen and oxygen atoms in total. The fraction of sp³-hybridized carbons (Fsp3) is 0.444. The van der Waals surface area contributed by atoms with E-state index in [9.17, 15) is 14.4 Å². The van der Waals surface area contributed by atoms with E-state index in [-0.39, 0.29) is 30.5 Å². The van der Waals surface area contributed by atoms with E-state index in [4.69, 9.17) is 0 Å². The molecule has 0 bridgehead atoms. The highest BCUT2D eigenvalue weighted by atomic mass is 16.2. The number of nitrogens with one attached hydrogen (secondary N) is 2. The molecule has 0 unspecified atom stereocenters. The first-order valence-corrected chi connectivity index (χ1v) is 8.26. The molecule has 2 rings (SSSR count). The molecule has 0 aliphatic heterocycles. The van der Waals surface area contributed by atoms with Crippen molar-refractivity contribution in [2.75, 3.05) is 13.1 Å². The molecule has 134 valence electrons. The Bertz CT molecular complexity index is 836. The van der Waals surface area contributed by atoms with Crippen molar-refractivity contribution in [1.82, 2.24) is 20.2 Å². The molecule has 1 aromatic heterocycles. The van der Waals surface area contributed by atoms with Crippen LogP contribution in [-0.2, 0) is 16.1 Å². The molecule has 7 heteroatoms. The van der Waals surface area contributed by atoms with Crippen molar-refractivity contribution < 1.29 is 9.59 Å². The predicted molar refractivity (Wildman–Crippen MR) is 95.9 cm³/mol. The molecule has 2 amide bonds. The number of H-pyrrole nitrogens is 1. The molecule has 25 heavy (non-hydrogen) atoms. The lowest BCUT2D eigenvalue weighted by Gasteiger charge is -2.22. The highest BCUT2D eigenvalue weighted by molar-refractivity contribution is 5.87. The van der Waals surface area contributed by atoms with Crippen molar-refractivity contribution in [3.8, 4) is 0 Å². The fourth-order valence-electron chi connectivity index (χ4n) is 2.30. The van der Waals surface area contributed by atoms with Crippen LogP contribution in [0.2, 0.25) is 0 Å². The second kappa shape index (κ2) is 7.46. The Morgan fingerprint density at radius 2 is 1.92 bits per heavy atom. The van der Waals surface area contributed by atoms with E-state index in [0.717, 1.165) is 0 Å². The van der Waals surface area contributed by atoms with Crippen molar-refractivity contribution in [3.05, 3.63) is 40.4 Å². The van der Waals surface area contributed by atoms with Gasteiger partial charge in [0.2, 0.25) is 11.8 Å². The Kier molecular flexibility index (Phi) is 5.56. The fourth-order valence-corrected chi connectivity index (χ4v) is 2.30. The van der Waals surface area contributed by atoms with Gasteiger partial charge in [0.05, 0.1) is 24.0 Å². The normalized spacial score (nSPS) is 11.4. The number of nitrogens with zero attached hydrogens (tertiary/aromatic N) is 2. The maximum absolute atomic E-state index is 12.3. The van der Waals surface area contributed by atoms with Crippen molar-refractivity contribution in [2.24, 2.45) is 5.41 Å². The minimum absolute atomic E-state index is 0.0816. The van der Waals surface area contributed by atoms with E-state index in [1.807, 2.05) is 13.0 Å². The van der Waals surface area contributed by atoms with Crippen LogP contribution in [0.3, 0.4) is 0 Å². The van der Waals surface area contributed by atoms with Gasteiger partial charge in [-0.05, 0) is 19.1 Å². The number of benzene rings is 1. The number of carbonyl (C=O) groups excluding carboxylic acids is 2. The van der Waals surface area contributed by atoms with E-state index in [0.29, 0.717) is 23.3 Å². The Morgan fingerprint density at radius 1 is 1.24 bits per heavy atom. The number of fused-ring (bicyclic) bond motifs is 1. The summed E-state index contributed by atoms with van der Waals surface area (Å²) in [6.45, 7) is 7.74. The van der Waals surface area contributed by atoms with Crippen LogP contribution in [0, 0.1) is 5.41 Å². The van der Waals surface area contributed by atoms with Crippen LogP contribution in [0.15, 0.2) is 29.1 Å². The van der Waals surface area contributed by atoms with E-state index in [1.165, 1.54) is 4.90 Å². The molecule has 0 spiro atoms. The summed E-state index contributed by atoms with van der Waals surface area (Å²) in [5.41, 5.74) is -0.196. The lowest BCUT2D eigenvalue weighted by Crippen LogP contribution is -2.43. The number of hydrogen-bond acceptors (Lipinski definition) is 4. The molecule has 1 aromatic carbocycles. The van der Waals surface area contributed by atoms with Crippen LogP contribution in [0.1, 0.15) is 33.5 Å². The summed E-state index contributed by atoms with van der Waals surface area (Å²) in [5, 5.41) is 3.15. The molecule has 0 radical (unpaired) electrons. The molecular formula is C18H24N4O3. The van der Waals surface area contributed by atoms with Crippen LogP contribution < -0.4 is 10.9 Å². The number of carbonyl (C=O) groups is 2. The van der Waals surface area contributed by atoms with Gasteiger partial charge < -0.3 is 15.2 Å². The molecule has 0 aliphatic rings. The van der Waals surface area contributed by atoms with Crippen LogP contribution in [-0.4, -0.2) is 39.8 Å². The number of para-hydroxylation sites is 1. The number of rotatable bonds is 5. The maximum Gasteiger partial charge on any atom is 0.258 e. The van der Waals surface area contributed by atoms with Crippen LogP contribution in [0.4, 0.5) is 0 Å². The molecule has 2 N–H and O–H groups in total. The first-order valence-electron chi connectivity index (χ1n) is 8.26. The second-order valence-electron chi connectivity index (χ2n) is 6.87. The van der Waals surface area contributed by atoms with Gasteiger partial charge in [0, 0.05) is 12.0 Å². The molecule has 0 fully saturated rings. The largest absolute Gasteiger partial charge is 0.347 e. The Labute approximate surface area is 146 Å². The minimum atomic E-state index is -0.553. The van der Waals surface area contributed by atoms with Gasteiger partial charge in [-0.2, -0.15) is 0 Å². The summed E-state index contributed by atoms with van der Waals surface area (Å²) in [5.74, 6) is 0.00564. The Morgan fingerprint density at radius 3 is 2.56 bits per heavy atom. The summed E-state index contributed by atoms with van der Waals surface area (Å²) in [7, 11) is 0. The highest BCUT2D eigenvalue weighted by Gasteiger charge is 2.22. The summed E-state index contributed by atoms with van der Waals surface area (Å²) < 4.78 is 0. The molecule has 0 aliphatic carbocycles. The van der Waals surface area contributed by atoms with Gasteiger partial charge in [-0.1, -0.05) is 32.9 Å². The first-order chi connectivity index (χ1) is 11.7.